The highest BCUT2D eigenvalue weighted by Crippen LogP contribution is 2.11. The molecular weight excluding hydrogens is 392 g/mol. The number of halogens is 2. The molecule has 0 radical (unpaired) electrons. The van der Waals surface area contributed by atoms with Gasteiger partial charge < -0.3 is 10.6 Å². The monoisotopic (exact) mass is 408 g/mol. The number of nitrogens with one attached hydrogen (secondary N) is 2. The largest absolute Gasteiger partial charge is 0.354 e. The third kappa shape index (κ3) is 6.34. The summed E-state index contributed by atoms with van der Waals surface area (Å²) in [7, 11) is 0. The highest BCUT2D eigenvalue weighted by molar-refractivity contribution is 9.10. The van der Waals surface area contributed by atoms with Crippen LogP contribution in [-0.4, -0.2) is 24.9 Å². The third-order valence-electron chi connectivity index (χ3n) is 3.39. The summed E-state index contributed by atoms with van der Waals surface area (Å²) >= 11 is 9.14. The van der Waals surface area contributed by atoms with Crippen molar-refractivity contribution in [2.24, 2.45) is 0 Å². The van der Waals surface area contributed by atoms with Gasteiger partial charge in [-0.05, 0) is 48.4 Å². The molecular formula is C18H18BrClN2O2. The lowest BCUT2D eigenvalue weighted by atomic mass is 10.1. The molecule has 0 spiro atoms. The Labute approximate surface area is 154 Å². The lowest BCUT2D eigenvalue weighted by Crippen LogP contribution is -2.34. The van der Waals surface area contributed by atoms with Gasteiger partial charge in [-0.1, -0.05) is 39.7 Å². The number of benzene rings is 2. The number of aryl methyl sites for hydroxylation is 1. The van der Waals surface area contributed by atoms with E-state index < -0.39 is 0 Å². The van der Waals surface area contributed by atoms with Crippen LogP contribution in [0.15, 0.2) is 53.0 Å². The summed E-state index contributed by atoms with van der Waals surface area (Å²) in [6.07, 6.45) is 1.07. The van der Waals surface area contributed by atoms with Crippen LogP contribution in [0.1, 0.15) is 22.3 Å². The van der Waals surface area contributed by atoms with Crippen molar-refractivity contribution in [3.8, 4) is 0 Å². The average Bonchev–Trinajstić information content (AvgIpc) is 2.58. The maximum Gasteiger partial charge on any atom is 0.251 e. The third-order valence-corrected chi connectivity index (χ3v) is 4.17. The molecule has 0 heterocycles. The minimum absolute atomic E-state index is 0.0390. The predicted octanol–water partition coefficient (Wildman–Crippen LogP) is 3.58. The van der Waals surface area contributed by atoms with Crippen LogP contribution < -0.4 is 10.6 Å². The van der Waals surface area contributed by atoms with Crippen molar-refractivity contribution in [2.45, 2.75) is 12.8 Å². The summed E-state index contributed by atoms with van der Waals surface area (Å²) in [5, 5.41) is 6.25. The normalized spacial score (nSPS) is 10.2. The zero-order valence-corrected chi connectivity index (χ0v) is 15.4. The summed E-state index contributed by atoms with van der Waals surface area (Å²) in [6, 6.07) is 14.6. The van der Waals surface area contributed by atoms with Crippen molar-refractivity contribution < 1.29 is 9.59 Å². The Balaban J connectivity index is 1.63. The quantitative estimate of drug-likeness (QED) is 0.687. The second-order valence-corrected chi connectivity index (χ2v) is 6.59. The highest BCUT2D eigenvalue weighted by Gasteiger charge is 2.05. The molecule has 126 valence electrons. The first-order valence-electron chi connectivity index (χ1n) is 7.59. The fourth-order valence-electron chi connectivity index (χ4n) is 2.08. The molecule has 0 atom stereocenters. The topological polar surface area (TPSA) is 58.2 Å². The van der Waals surface area contributed by atoms with E-state index in [1.54, 1.807) is 12.1 Å². The van der Waals surface area contributed by atoms with E-state index in [9.17, 15) is 9.59 Å². The van der Waals surface area contributed by atoms with Gasteiger partial charge in [0.2, 0.25) is 5.91 Å². The molecule has 6 heteroatoms. The van der Waals surface area contributed by atoms with Gasteiger partial charge in [0.1, 0.15) is 0 Å². The maximum atomic E-state index is 11.9. The summed E-state index contributed by atoms with van der Waals surface area (Å²) in [4.78, 5) is 23.7. The molecule has 2 amide bonds. The van der Waals surface area contributed by atoms with Crippen LogP contribution in [0, 0.1) is 0 Å². The number of hydrogen-bond acceptors (Lipinski definition) is 2. The average molecular weight is 410 g/mol. The highest BCUT2D eigenvalue weighted by atomic mass is 79.9. The summed E-state index contributed by atoms with van der Waals surface area (Å²) in [5.74, 6) is -0.194. The molecule has 0 unspecified atom stereocenters. The Kier molecular flexibility index (Phi) is 7.28. The smallest absolute Gasteiger partial charge is 0.251 e. The summed E-state index contributed by atoms with van der Waals surface area (Å²) in [6.45, 7) is 0.795. The molecule has 0 aliphatic carbocycles. The fraction of sp³-hybridized carbons (Fsp3) is 0.222. The first-order valence-corrected chi connectivity index (χ1v) is 8.76. The van der Waals surface area contributed by atoms with Gasteiger partial charge in [0, 0.05) is 34.6 Å². The lowest BCUT2D eigenvalue weighted by molar-refractivity contribution is -0.121. The Morgan fingerprint density at radius 3 is 2.21 bits per heavy atom. The molecule has 2 rings (SSSR count). The van der Waals surface area contributed by atoms with E-state index in [0.717, 1.165) is 10.0 Å². The van der Waals surface area contributed by atoms with Gasteiger partial charge in [-0.2, -0.15) is 0 Å². The van der Waals surface area contributed by atoms with Crippen molar-refractivity contribution in [2.75, 3.05) is 13.1 Å². The van der Waals surface area contributed by atoms with Crippen LogP contribution in [0.5, 0.6) is 0 Å². The van der Waals surface area contributed by atoms with Crippen LogP contribution >= 0.6 is 27.5 Å². The Morgan fingerprint density at radius 1 is 0.917 bits per heavy atom. The molecule has 24 heavy (non-hydrogen) atoms. The zero-order chi connectivity index (χ0) is 17.4. The molecule has 0 bridgehead atoms. The van der Waals surface area contributed by atoms with Gasteiger partial charge >= 0.3 is 0 Å². The molecule has 0 saturated carbocycles. The van der Waals surface area contributed by atoms with E-state index in [2.05, 4.69) is 26.6 Å². The van der Waals surface area contributed by atoms with Gasteiger partial charge in [-0.25, -0.2) is 0 Å². The minimum atomic E-state index is -0.155. The molecule has 4 nitrogen and oxygen atoms in total. The molecule has 0 aliphatic rings. The molecule has 2 N–H and O–H groups in total. The number of carbonyl (C=O) groups is 2. The van der Waals surface area contributed by atoms with Crippen molar-refractivity contribution >= 4 is 39.3 Å². The minimum Gasteiger partial charge on any atom is -0.354 e. The summed E-state index contributed by atoms with van der Waals surface area (Å²) < 4.78 is 0.923. The van der Waals surface area contributed by atoms with E-state index in [0.29, 0.717) is 36.5 Å². The first kappa shape index (κ1) is 18.5. The SMILES string of the molecule is O=C(CCc1ccc(Cl)cc1)NCCNC(=O)c1ccc(Br)cc1. The van der Waals surface area contributed by atoms with Crippen LogP contribution in [0.3, 0.4) is 0 Å². The Bertz CT molecular complexity index is 687. The number of hydrogen-bond donors (Lipinski definition) is 2. The van der Waals surface area contributed by atoms with Crippen LogP contribution in [0.2, 0.25) is 5.02 Å². The molecule has 0 fully saturated rings. The van der Waals surface area contributed by atoms with Gasteiger partial charge in [-0.15, -0.1) is 0 Å². The number of rotatable bonds is 7. The molecule has 2 aromatic carbocycles. The van der Waals surface area contributed by atoms with Crippen molar-refractivity contribution in [3.63, 3.8) is 0 Å². The second-order valence-electron chi connectivity index (χ2n) is 5.24. The van der Waals surface area contributed by atoms with E-state index in [1.165, 1.54) is 0 Å². The lowest BCUT2D eigenvalue weighted by Gasteiger charge is -2.07. The number of amides is 2. The molecule has 0 saturated heterocycles. The van der Waals surface area contributed by atoms with E-state index in [-0.39, 0.29) is 11.8 Å². The van der Waals surface area contributed by atoms with Gasteiger partial charge in [0.05, 0.1) is 0 Å². The van der Waals surface area contributed by atoms with Crippen LogP contribution in [0.4, 0.5) is 0 Å². The predicted molar refractivity (Wildman–Crippen MR) is 99.3 cm³/mol. The van der Waals surface area contributed by atoms with Crippen molar-refractivity contribution in [1.82, 2.24) is 10.6 Å². The number of carbonyl (C=O) groups excluding carboxylic acids is 2. The molecule has 0 aliphatic heterocycles. The van der Waals surface area contributed by atoms with Gasteiger partial charge in [-0.3, -0.25) is 9.59 Å². The van der Waals surface area contributed by atoms with E-state index >= 15 is 0 Å². The zero-order valence-electron chi connectivity index (χ0n) is 13.0. The standard InChI is InChI=1S/C18H18BrClN2O2/c19-15-6-4-14(5-7-15)18(24)22-12-11-21-17(23)10-3-13-1-8-16(20)9-2-13/h1-2,4-9H,3,10-12H2,(H,21,23)(H,22,24). The van der Waals surface area contributed by atoms with Gasteiger partial charge in [0.15, 0.2) is 0 Å². The first-order chi connectivity index (χ1) is 11.5. The van der Waals surface area contributed by atoms with Crippen molar-refractivity contribution in [3.05, 3.63) is 69.2 Å². The van der Waals surface area contributed by atoms with Gasteiger partial charge in [0.25, 0.3) is 5.91 Å². The summed E-state index contributed by atoms with van der Waals surface area (Å²) in [5.41, 5.74) is 1.66. The van der Waals surface area contributed by atoms with Crippen LogP contribution in [0.25, 0.3) is 0 Å². The second kappa shape index (κ2) is 9.45. The van der Waals surface area contributed by atoms with Crippen molar-refractivity contribution in [1.29, 1.82) is 0 Å². The Hall–Kier alpha value is -1.85. The van der Waals surface area contributed by atoms with Crippen LogP contribution in [-0.2, 0) is 11.2 Å². The van der Waals surface area contributed by atoms with E-state index in [4.69, 9.17) is 11.6 Å². The molecule has 0 aromatic heterocycles. The molecule has 2 aromatic rings. The maximum absolute atomic E-state index is 11.9. The Morgan fingerprint density at radius 2 is 1.54 bits per heavy atom. The van der Waals surface area contributed by atoms with E-state index in [1.807, 2.05) is 36.4 Å². The fourth-order valence-corrected chi connectivity index (χ4v) is 2.47.